The molecule has 0 unspecified atom stereocenters. The molecule has 3 aliphatic carbocycles. The zero-order valence-corrected chi connectivity index (χ0v) is 38.6. The zero-order chi connectivity index (χ0) is 48.2. The first-order valence-electron chi connectivity index (χ1n) is 23.1. The van der Waals surface area contributed by atoms with E-state index in [0.29, 0.717) is 44.8 Å². The van der Waals surface area contributed by atoms with Crippen molar-refractivity contribution in [1.82, 2.24) is 40.8 Å². The Morgan fingerprint density at radius 2 is 0.882 bits per heavy atom. The maximum atomic E-state index is 13.3. The van der Waals surface area contributed by atoms with Crippen LogP contribution in [-0.4, -0.2) is 78.9 Å². The summed E-state index contributed by atoms with van der Waals surface area (Å²) in [6.45, 7) is 7.52. The molecule has 16 nitrogen and oxygen atoms in total. The van der Waals surface area contributed by atoms with Gasteiger partial charge in [-0.3, -0.25) is 28.8 Å². The molecule has 68 heavy (non-hydrogen) atoms. The first-order valence-corrected chi connectivity index (χ1v) is 23.1. The predicted octanol–water partition coefficient (Wildman–Crippen LogP) is 6.58. The minimum absolute atomic E-state index is 0.0175. The third-order valence-corrected chi connectivity index (χ3v) is 12.2. The van der Waals surface area contributed by atoms with E-state index in [1.54, 1.807) is 72.8 Å². The Morgan fingerprint density at radius 3 is 1.28 bits per heavy atom. The molecule has 0 spiro atoms. The van der Waals surface area contributed by atoms with Crippen LogP contribution in [0.5, 0.6) is 0 Å². The number of rotatable bonds is 14. The third kappa shape index (κ3) is 10.7. The number of anilines is 2. The predicted molar refractivity (Wildman–Crippen MR) is 258 cm³/mol. The second-order valence-electron chi connectivity index (χ2n) is 18.1. The molecule has 9 rings (SSSR count). The number of nitrogen functional groups attached to an aromatic ring is 2. The topological polar surface area (TPSA) is 238 Å². The van der Waals surface area contributed by atoms with Crippen LogP contribution in [0.4, 0.5) is 11.6 Å². The molecule has 0 saturated heterocycles. The molecule has 0 radical (unpaired) electrons. The Balaban J connectivity index is 0.000000184. The summed E-state index contributed by atoms with van der Waals surface area (Å²) >= 11 is 0. The molecular formula is C52H56N10O6. The van der Waals surface area contributed by atoms with Crippen molar-refractivity contribution in [1.29, 1.82) is 0 Å². The fourth-order valence-electron chi connectivity index (χ4n) is 8.00. The standard InChI is InChI=1S/C27H29N5O3.C25H27N5O3/c1-16-9-10-19(27(35)31-21-11-12-21)14-23(16)32-25(28)22(15-29-32)24(33)17-5-4-6-18(13-17)26(34)30-20-7-2-3-8-20;1-14(2)28-24(32)17-6-4-5-16(11-17)22(31)20-13-27-30(23(20)26)21-12-18(8-7-15(21)3)25(33)29-19-9-10-19/h4-6,9-10,13-15,20-21H,2-3,7-8,11-12,28H2,1H3,(H,30,34)(H,31,35);4-8,11-14,19H,9-10,26H2,1-3H3,(H,28,32)(H,29,33). The highest BCUT2D eigenvalue weighted by molar-refractivity contribution is 6.13. The minimum Gasteiger partial charge on any atom is -0.383 e. The lowest BCUT2D eigenvalue weighted by Gasteiger charge is -2.12. The summed E-state index contributed by atoms with van der Waals surface area (Å²) < 4.78 is 2.94. The van der Waals surface area contributed by atoms with Crippen LogP contribution < -0.4 is 32.7 Å². The SMILES string of the molecule is Cc1ccc(C(=O)NC2CC2)cc1-n1ncc(C(=O)c2cccc(C(=O)NC(C)C)c2)c1N.Cc1ccc(C(=O)NC2CC2)cc1-n1ncc(C(=O)c2cccc(C(=O)NC3CCCC3)c2)c1N. The van der Waals surface area contributed by atoms with Gasteiger partial charge >= 0.3 is 0 Å². The number of aryl methyl sites for hydroxylation is 2. The van der Waals surface area contributed by atoms with E-state index in [0.717, 1.165) is 62.5 Å². The normalized spacial score (nSPS) is 14.4. The second-order valence-corrected chi connectivity index (χ2v) is 18.1. The molecule has 4 amide bonds. The average molecular weight is 917 g/mol. The molecule has 3 fully saturated rings. The van der Waals surface area contributed by atoms with Crippen LogP contribution in [-0.2, 0) is 0 Å². The summed E-state index contributed by atoms with van der Waals surface area (Å²) in [5.41, 5.74) is 18.7. The summed E-state index contributed by atoms with van der Waals surface area (Å²) in [6.07, 6.45) is 11.1. The lowest BCUT2D eigenvalue weighted by Crippen LogP contribution is -2.32. The van der Waals surface area contributed by atoms with Gasteiger partial charge in [0.2, 0.25) is 0 Å². The fraction of sp³-hybridized carbons (Fsp3) is 0.308. The molecule has 6 aromatic rings. The Hall–Kier alpha value is -7.88. The number of nitrogens with one attached hydrogen (secondary N) is 4. The van der Waals surface area contributed by atoms with Crippen molar-refractivity contribution in [3.63, 3.8) is 0 Å². The monoisotopic (exact) mass is 916 g/mol. The van der Waals surface area contributed by atoms with Crippen molar-refractivity contribution in [3.05, 3.63) is 153 Å². The van der Waals surface area contributed by atoms with Gasteiger partial charge in [-0.05, 0) is 126 Å². The Bertz CT molecular complexity index is 2940. The number of aromatic nitrogens is 4. The van der Waals surface area contributed by atoms with Crippen molar-refractivity contribution >= 4 is 46.8 Å². The Morgan fingerprint density at radius 1 is 0.515 bits per heavy atom. The molecule has 2 aromatic heterocycles. The van der Waals surface area contributed by atoms with Crippen LogP contribution in [0.25, 0.3) is 11.4 Å². The van der Waals surface area contributed by atoms with E-state index >= 15 is 0 Å². The summed E-state index contributed by atoms with van der Waals surface area (Å²) in [4.78, 5) is 76.4. The number of hydrogen-bond donors (Lipinski definition) is 6. The highest BCUT2D eigenvalue weighted by atomic mass is 16.2. The molecule has 3 aliphatic rings. The van der Waals surface area contributed by atoms with Crippen molar-refractivity contribution in [2.24, 2.45) is 0 Å². The largest absolute Gasteiger partial charge is 0.383 e. The van der Waals surface area contributed by atoms with E-state index in [9.17, 15) is 28.8 Å². The van der Waals surface area contributed by atoms with Gasteiger partial charge in [0.1, 0.15) is 11.6 Å². The van der Waals surface area contributed by atoms with Crippen molar-refractivity contribution in [2.75, 3.05) is 11.5 Å². The van der Waals surface area contributed by atoms with E-state index in [4.69, 9.17) is 11.5 Å². The molecule has 2 heterocycles. The quantitative estimate of drug-likeness (QED) is 0.0642. The van der Waals surface area contributed by atoms with Gasteiger partial charge in [-0.1, -0.05) is 49.2 Å². The number of amides is 4. The average Bonchev–Trinajstić information content (AvgIpc) is 4.19. The highest BCUT2D eigenvalue weighted by Crippen LogP contribution is 2.27. The van der Waals surface area contributed by atoms with Crippen LogP contribution >= 0.6 is 0 Å². The molecule has 8 N–H and O–H groups in total. The lowest BCUT2D eigenvalue weighted by atomic mass is 10.0. The van der Waals surface area contributed by atoms with Crippen LogP contribution in [0.3, 0.4) is 0 Å². The molecule has 4 aromatic carbocycles. The Labute approximate surface area is 394 Å². The second kappa shape index (κ2) is 19.9. The number of carbonyl (C=O) groups is 6. The Kier molecular flexibility index (Phi) is 13.7. The zero-order valence-electron chi connectivity index (χ0n) is 38.6. The molecule has 0 aliphatic heterocycles. The number of carbonyl (C=O) groups excluding carboxylic acids is 6. The van der Waals surface area contributed by atoms with Gasteiger partial charge in [-0.2, -0.15) is 10.2 Å². The number of nitrogens with two attached hydrogens (primary N) is 2. The van der Waals surface area contributed by atoms with Crippen LogP contribution in [0.1, 0.15) is 150 Å². The maximum absolute atomic E-state index is 13.3. The van der Waals surface area contributed by atoms with Gasteiger partial charge in [0.25, 0.3) is 23.6 Å². The summed E-state index contributed by atoms with van der Waals surface area (Å²) in [5, 5.41) is 20.5. The van der Waals surface area contributed by atoms with Gasteiger partial charge in [-0.25, -0.2) is 9.36 Å². The van der Waals surface area contributed by atoms with Crippen molar-refractivity contribution in [2.45, 2.75) is 103 Å². The van der Waals surface area contributed by atoms with E-state index in [-0.39, 0.29) is 82.1 Å². The van der Waals surface area contributed by atoms with Gasteiger partial charge in [0.05, 0.1) is 34.9 Å². The summed E-state index contributed by atoms with van der Waals surface area (Å²) in [7, 11) is 0. The first kappa shape index (κ1) is 46.6. The highest BCUT2D eigenvalue weighted by Gasteiger charge is 2.27. The number of nitrogens with zero attached hydrogens (tertiary/aromatic N) is 4. The van der Waals surface area contributed by atoms with Crippen LogP contribution in [0.2, 0.25) is 0 Å². The summed E-state index contributed by atoms with van der Waals surface area (Å²) in [5.74, 6) is -1.01. The van der Waals surface area contributed by atoms with E-state index in [1.807, 2.05) is 39.8 Å². The molecule has 350 valence electrons. The fourth-order valence-corrected chi connectivity index (χ4v) is 8.00. The number of hydrogen-bond acceptors (Lipinski definition) is 10. The molecule has 0 atom stereocenters. The van der Waals surface area contributed by atoms with Gasteiger partial charge < -0.3 is 32.7 Å². The third-order valence-electron chi connectivity index (χ3n) is 12.2. The van der Waals surface area contributed by atoms with Gasteiger partial charge in [0, 0.05) is 57.5 Å². The minimum atomic E-state index is -0.335. The lowest BCUT2D eigenvalue weighted by molar-refractivity contribution is 0.0930. The van der Waals surface area contributed by atoms with Gasteiger partial charge in [0.15, 0.2) is 11.6 Å². The smallest absolute Gasteiger partial charge is 0.251 e. The number of benzene rings is 4. The van der Waals surface area contributed by atoms with Crippen LogP contribution in [0, 0.1) is 13.8 Å². The van der Waals surface area contributed by atoms with Crippen LogP contribution in [0.15, 0.2) is 97.3 Å². The van der Waals surface area contributed by atoms with E-state index in [2.05, 4.69) is 31.5 Å². The summed E-state index contributed by atoms with van der Waals surface area (Å²) in [6, 6.07) is 24.5. The molecule has 0 bridgehead atoms. The van der Waals surface area contributed by atoms with E-state index < -0.39 is 0 Å². The van der Waals surface area contributed by atoms with Crippen molar-refractivity contribution in [3.8, 4) is 11.4 Å². The number of ketones is 2. The van der Waals surface area contributed by atoms with Crippen molar-refractivity contribution < 1.29 is 28.8 Å². The molecular weight excluding hydrogens is 861 g/mol. The van der Waals surface area contributed by atoms with E-state index in [1.165, 1.54) is 21.8 Å². The first-order chi connectivity index (χ1) is 32.6. The molecule has 16 heteroatoms. The maximum Gasteiger partial charge on any atom is 0.251 e. The van der Waals surface area contributed by atoms with Gasteiger partial charge in [-0.15, -0.1) is 0 Å². The molecule has 3 saturated carbocycles.